The van der Waals surface area contributed by atoms with E-state index < -0.39 is 5.97 Å². The topological polar surface area (TPSA) is 43.8 Å². The summed E-state index contributed by atoms with van der Waals surface area (Å²) < 4.78 is 0. The lowest BCUT2D eigenvalue weighted by Gasteiger charge is -2.35. The third kappa shape index (κ3) is 4.26. The van der Waals surface area contributed by atoms with Gasteiger partial charge in [0.25, 0.3) is 0 Å². The van der Waals surface area contributed by atoms with Crippen LogP contribution in [0.2, 0.25) is 5.02 Å². The molecule has 0 saturated carbocycles. The molecule has 102 valence electrons. The zero-order valence-corrected chi connectivity index (χ0v) is 11.4. The Hall–Kier alpha value is -1.52. The van der Waals surface area contributed by atoms with Gasteiger partial charge in [0.15, 0.2) is 0 Å². The summed E-state index contributed by atoms with van der Waals surface area (Å²) in [6, 6.07) is 7.86. The molecule has 0 bridgehead atoms. The summed E-state index contributed by atoms with van der Waals surface area (Å²) in [5, 5.41) is 9.28. The summed E-state index contributed by atoms with van der Waals surface area (Å²) in [7, 11) is 0. The van der Waals surface area contributed by atoms with Crippen molar-refractivity contribution in [2.75, 3.05) is 37.6 Å². The molecule has 19 heavy (non-hydrogen) atoms. The van der Waals surface area contributed by atoms with Gasteiger partial charge in [0.05, 0.1) is 0 Å². The molecule has 1 fully saturated rings. The Bertz CT molecular complexity index is 451. The lowest BCUT2D eigenvalue weighted by molar-refractivity contribution is -0.131. The lowest BCUT2D eigenvalue weighted by atomic mass is 10.2. The number of halogens is 1. The first-order valence-corrected chi connectivity index (χ1v) is 6.65. The van der Waals surface area contributed by atoms with Crippen LogP contribution in [0, 0.1) is 0 Å². The van der Waals surface area contributed by atoms with E-state index in [0.29, 0.717) is 6.54 Å². The van der Waals surface area contributed by atoms with Gasteiger partial charge in [-0.2, -0.15) is 0 Å². The molecule has 0 spiro atoms. The molecule has 0 unspecified atom stereocenters. The molecule has 1 saturated heterocycles. The monoisotopic (exact) mass is 280 g/mol. The first-order valence-electron chi connectivity index (χ1n) is 6.27. The molecule has 2 rings (SSSR count). The van der Waals surface area contributed by atoms with Crippen LogP contribution in [0.25, 0.3) is 0 Å². The third-order valence-corrected chi connectivity index (χ3v) is 3.44. The molecular weight excluding hydrogens is 264 g/mol. The standard InChI is InChI=1S/C14H17ClN2O2/c15-12-3-5-13(6-4-12)17-10-8-16(9-11-17)7-1-2-14(18)19/h1-6H,7-11H2,(H,18,19). The third-order valence-electron chi connectivity index (χ3n) is 3.19. The van der Waals surface area contributed by atoms with Crippen LogP contribution < -0.4 is 4.90 Å². The SMILES string of the molecule is O=C(O)C=CCN1CCN(c2ccc(Cl)cc2)CC1. The Morgan fingerprint density at radius 1 is 1.21 bits per heavy atom. The number of rotatable bonds is 4. The number of nitrogens with zero attached hydrogens (tertiary/aromatic N) is 2. The van der Waals surface area contributed by atoms with Gasteiger partial charge in [-0.25, -0.2) is 4.79 Å². The summed E-state index contributed by atoms with van der Waals surface area (Å²) >= 11 is 5.87. The number of carboxylic acid groups (broad SMARTS) is 1. The van der Waals surface area contributed by atoms with Crippen molar-refractivity contribution in [1.29, 1.82) is 0 Å². The van der Waals surface area contributed by atoms with Gasteiger partial charge in [0, 0.05) is 49.5 Å². The second-order valence-corrected chi connectivity index (χ2v) is 4.94. The van der Waals surface area contributed by atoms with Crippen molar-refractivity contribution in [3.8, 4) is 0 Å². The number of benzene rings is 1. The van der Waals surface area contributed by atoms with Crippen LogP contribution in [0.4, 0.5) is 5.69 Å². The molecule has 1 aliphatic heterocycles. The summed E-state index contributed by atoms with van der Waals surface area (Å²) in [6.07, 6.45) is 2.89. The van der Waals surface area contributed by atoms with Gasteiger partial charge in [0.1, 0.15) is 0 Å². The van der Waals surface area contributed by atoms with Crippen molar-refractivity contribution in [3.63, 3.8) is 0 Å². The summed E-state index contributed by atoms with van der Waals surface area (Å²) in [5.74, 6) is -0.889. The molecule has 0 aliphatic carbocycles. The van der Waals surface area contributed by atoms with Crippen molar-refractivity contribution in [1.82, 2.24) is 4.90 Å². The highest BCUT2D eigenvalue weighted by Crippen LogP contribution is 2.19. The van der Waals surface area contributed by atoms with E-state index in [4.69, 9.17) is 16.7 Å². The van der Waals surface area contributed by atoms with Crippen molar-refractivity contribution >= 4 is 23.3 Å². The number of carboxylic acids is 1. The minimum atomic E-state index is -0.889. The van der Waals surface area contributed by atoms with E-state index in [0.717, 1.165) is 31.2 Å². The van der Waals surface area contributed by atoms with Gasteiger partial charge < -0.3 is 10.0 Å². The fourth-order valence-electron chi connectivity index (χ4n) is 2.14. The van der Waals surface area contributed by atoms with Crippen molar-refractivity contribution in [2.45, 2.75) is 0 Å². The number of hydrogen-bond acceptors (Lipinski definition) is 3. The highest BCUT2D eigenvalue weighted by Gasteiger charge is 2.15. The maximum atomic E-state index is 10.4. The normalized spacial score (nSPS) is 17.0. The highest BCUT2D eigenvalue weighted by molar-refractivity contribution is 6.30. The van der Waals surface area contributed by atoms with Gasteiger partial charge in [-0.05, 0) is 24.3 Å². The van der Waals surface area contributed by atoms with E-state index in [-0.39, 0.29) is 0 Å². The van der Waals surface area contributed by atoms with Crippen LogP contribution in [0.3, 0.4) is 0 Å². The maximum absolute atomic E-state index is 10.4. The molecule has 1 aromatic rings. The minimum absolute atomic E-state index is 0.695. The molecule has 4 nitrogen and oxygen atoms in total. The Labute approximate surface area is 117 Å². The van der Waals surface area contributed by atoms with Crippen LogP contribution in [-0.2, 0) is 4.79 Å². The highest BCUT2D eigenvalue weighted by atomic mass is 35.5. The Morgan fingerprint density at radius 2 is 1.84 bits per heavy atom. The van der Waals surface area contributed by atoms with Crippen LogP contribution >= 0.6 is 11.6 Å². The van der Waals surface area contributed by atoms with Crippen molar-refractivity contribution < 1.29 is 9.90 Å². The fourth-order valence-corrected chi connectivity index (χ4v) is 2.27. The number of carbonyl (C=O) groups is 1. The van der Waals surface area contributed by atoms with Gasteiger partial charge in [-0.3, -0.25) is 4.90 Å². The van der Waals surface area contributed by atoms with Gasteiger partial charge >= 0.3 is 5.97 Å². The van der Waals surface area contributed by atoms with E-state index in [1.807, 2.05) is 24.3 Å². The Kier molecular flexibility index (Phi) is 4.82. The van der Waals surface area contributed by atoms with Crippen LogP contribution in [0.5, 0.6) is 0 Å². The minimum Gasteiger partial charge on any atom is -0.478 e. The predicted octanol–water partition coefficient (Wildman–Crippen LogP) is 2.10. The average molecular weight is 281 g/mol. The molecule has 1 aromatic carbocycles. The first-order chi connectivity index (χ1) is 9.15. The molecule has 0 atom stereocenters. The van der Waals surface area contributed by atoms with E-state index in [1.165, 1.54) is 11.8 Å². The van der Waals surface area contributed by atoms with Gasteiger partial charge in [-0.1, -0.05) is 17.7 Å². The fraction of sp³-hybridized carbons (Fsp3) is 0.357. The summed E-state index contributed by atoms with van der Waals surface area (Å²) in [4.78, 5) is 14.9. The van der Waals surface area contributed by atoms with Gasteiger partial charge in [0.2, 0.25) is 0 Å². The second kappa shape index (κ2) is 6.59. The van der Waals surface area contributed by atoms with Crippen LogP contribution in [0.1, 0.15) is 0 Å². The molecular formula is C14H17ClN2O2. The number of hydrogen-bond donors (Lipinski definition) is 1. The summed E-state index contributed by atoms with van der Waals surface area (Å²) in [5.41, 5.74) is 1.19. The van der Waals surface area contributed by atoms with Gasteiger partial charge in [-0.15, -0.1) is 0 Å². The smallest absolute Gasteiger partial charge is 0.328 e. The number of anilines is 1. The molecule has 1 aliphatic rings. The Balaban J connectivity index is 1.82. The Morgan fingerprint density at radius 3 is 2.42 bits per heavy atom. The van der Waals surface area contributed by atoms with E-state index in [2.05, 4.69) is 9.80 Å². The quantitative estimate of drug-likeness (QED) is 0.858. The summed E-state index contributed by atoms with van der Waals surface area (Å²) in [6.45, 7) is 4.46. The number of aliphatic carboxylic acids is 1. The average Bonchev–Trinajstić information content (AvgIpc) is 2.40. The van der Waals surface area contributed by atoms with Crippen molar-refractivity contribution in [2.24, 2.45) is 0 Å². The zero-order chi connectivity index (χ0) is 13.7. The zero-order valence-electron chi connectivity index (χ0n) is 10.6. The van der Waals surface area contributed by atoms with Crippen LogP contribution in [0.15, 0.2) is 36.4 Å². The van der Waals surface area contributed by atoms with Crippen LogP contribution in [-0.4, -0.2) is 48.7 Å². The molecule has 0 amide bonds. The van der Waals surface area contributed by atoms with E-state index in [1.54, 1.807) is 6.08 Å². The molecule has 0 radical (unpaired) electrons. The van der Waals surface area contributed by atoms with Crippen molar-refractivity contribution in [3.05, 3.63) is 41.4 Å². The molecule has 1 heterocycles. The molecule has 0 aromatic heterocycles. The number of piperazine rings is 1. The second-order valence-electron chi connectivity index (χ2n) is 4.50. The lowest BCUT2D eigenvalue weighted by Crippen LogP contribution is -2.46. The maximum Gasteiger partial charge on any atom is 0.328 e. The predicted molar refractivity (Wildman–Crippen MR) is 76.9 cm³/mol. The van der Waals surface area contributed by atoms with E-state index in [9.17, 15) is 4.79 Å². The largest absolute Gasteiger partial charge is 0.478 e. The van der Waals surface area contributed by atoms with E-state index >= 15 is 0 Å². The molecule has 5 heteroatoms. The first kappa shape index (κ1) is 13.9. The molecule has 1 N–H and O–H groups in total.